The van der Waals surface area contributed by atoms with Crippen molar-refractivity contribution >= 4 is 44.9 Å². The second-order valence-electron chi connectivity index (χ2n) is 6.95. The highest BCUT2D eigenvalue weighted by Crippen LogP contribution is 2.23. The SMILES string of the molecule is COC(=O)c1ccc(NC(=O)COc2ccc(S(=O)(=O)Nc3ccc(C)c(Cl)c3)cc2)cc1. The van der Waals surface area contributed by atoms with Crippen LogP contribution in [0.4, 0.5) is 11.4 Å². The molecule has 0 fully saturated rings. The number of amides is 1. The largest absolute Gasteiger partial charge is 0.484 e. The predicted octanol–water partition coefficient (Wildman–Crippen LogP) is 4.25. The molecule has 1 amide bonds. The molecule has 10 heteroatoms. The van der Waals surface area contributed by atoms with Gasteiger partial charge in [-0.3, -0.25) is 9.52 Å². The summed E-state index contributed by atoms with van der Waals surface area (Å²) in [6, 6.07) is 16.7. The first-order chi connectivity index (χ1) is 15.7. The zero-order chi connectivity index (χ0) is 24.0. The van der Waals surface area contributed by atoms with E-state index in [0.717, 1.165) is 5.56 Å². The lowest BCUT2D eigenvalue weighted by molar-refractivity contribution is -0.118. The summed E-state index contributed by atoms with van der Waals surface area (Å²) >= 11 is 6.04. The number of carbonyl (C=O) groups is 2. The Bertz CT molecular complexity index is 1260. The van der Waals surface area contributed by atoms with Gasteiger partial charge >= 0.3 is 5.97 Å². The lowest BCUT2D eigenvalue weighted by Gasteiger charge is -2.11. The van der Waals surface area contributed by atoms with Gasteiger partial charge in [-0.2, -0.15) is 0 Å². The van der Waals surface area contributed by atoms with E-state index in [4.69, 9.17) is 16.3 Å². The maximum Gasteiger partial charge on any atom is 0.337 e. The third-order valence-corrected chi connectivity index (χ3v) is 6.32. The Kier molecular flexibility index (Phi) is 7.57. The molecule has 3 aromatic rings. The van der Waals surface area contributed by atoms with Gasteiger partial charge in [-0.15, -0.1) is 0 Å². The van der Waals surface area contributed by atoms with Crippen molar-refractivity contribution in [1.29, 1.82) is 0 Å². The summed E-state index contributed by atoms with van der Waals surface area (Å²) in [6.07, 6.45) is 0. The molecule has 0 radical (unpaired) electrons. The Morgan fingerprint density at radius 2 is 1.58 bits per heavy atom. The van der Waals surface area contributed by atoms with Crippen LogP contribution >= 0.6 is 11.6 Å². The Morgan fingerprint density at radius 1 is 0.939 bits per heavy atom. The molecule has 33 heavy (non-hydrogen) atoms. The molecule has 0 bridgehead atoms. The number of sulfonamides is 1. The monoisotopic (exact) mass is 488 g/mol. The third-order valence-electron chi connectivity index (χ3n) is 4.52. The van der Waals surface area contributed by atoms with Gasteiger partial charge in [0.15, 0.2) is 6.61 Å². The van der Waals surface area contributed by atoms with Gasteiger partial charge in [0.2, 0.25) is 0 Å². The summed E-state index contributed by atoms with van der Waals surface area (Å²) in [5.74, 6) is -0.571. The number of ether oxygens (including phenoxy) is 2. The fourth-order valence-corrected chi connectivity index (χ4v) is 3.97. The highest BCUT2D eigenvalue weighted by molar-refractivity contribution is 7.92. The molecular formula is C23H21ClN2O6S. The maximum absolute atomic E-state index is 12.6. The van der Waals surface area contributed by atoms with Crippen LogP contribution in [0.25, 0.3) is 0 Å². The number of benzene rings is 3. The summed E-state index contributed by atoms with van der Waals surface area (Å²) in [4.78, 5) is 23.6. The number of carbonyl (C=O) groups excluding carboxylic acids is 2. The van der Waals surface area contributed by atoms with E-state index in [1.165, 1.54) is 49.6 Å². The molecule has 172 valence electrons. The minimum absolute atomic E-state index is 0.0293. The van der Waals surface area contributed by atoms with Crippen molar-refractivity contribution < 1.29 is 27.5 Å². The fourth-order valence-electron chi connectivity index (χ4n) is 2.74. The average Bonchev–Trinajstić information content (AvgIpc) is 2.80. The minimum Gasteiger partial charge on any atom is -0.484 e. The number of rotatable bonds is 8. The number of halogens is 1. The summed E-state index contributed by atoms with van der Waals surface area (Å²) in [7, 11) is -2.53. The van der Waals surface area contributed by atoms with Crippen molar-refractivity contribution in [2.24, 2.45) is 0 Å². The van der Waals surface area contributed by atoms with Crippen molar-refractivity contribution in [2.75, 3.05) is 23.8 Å². The third kappa shape index (κ3) is 6.47. The van der Waals surface area contributed by atoms with Crippen LogP contribution in [0.1, 0.15) is 15.9 Å². The number of aryl methyl sites for hydroxylation is 1. The summed E-state index contributed by atoms with van der Waals surface area (Å²) in [5.41, 5.74) is 2.03. The van der Waals surface area contributed by atoms with Crippen LogP contribution in [0.3, 0.4) is 0 Å². The van der Waals surface area contributed by atoms with E-state index >= 15 is 0 Å². The Balaban J connectivity index is 1.56. The molecule has 3 aromatic carbocycles. The first kappa shape index (κ1) is 24.1. The molecule has 0 unspecified atom stereocenters. The van der Waals surface area contributed by atoms with E-state index in [-0.39, 0.29) is 11.5 Å². The summed E-state index contributed by atoms with van der Waals surface area (Å²) in [6.45, 7) is 1.53. The average molecular weight is 489 g/mol. The number of hydrogen-bond acceptors (Lipinski definition) is 6. The normalized spacial score (nSPS) is 10.9. The van der Waals surface area contributed by atoms with Crippen LogP contribution in [0.2, 0.25) is 5.02 Å². The highest BCUT2D eigenvalue weighted by Gasteiger charge is 2.15. The minimum atomic E-state index is -3.82. The molecule has 0 aliphatic rings. The van der Waals surface area contributed by atoms with Gasteiger partial charge in [-0.1, -0.05) is 17.7 Å². The van der Waals surface area contributed by atoms with Crippen LogP contribution in [0.15, 0.2) is 71.6 Å². The molecule has 0 atom stereocenters. The molecule has 3 rings (SSSR count). The lowest BCUT2D eigenvalue weighted by atomic mass is 10.2. The number of nitrogens with one attached hydrogen (secondary N) is 2. The van der Waals surface area contributed by atoms with Crippen molar-refractivity contribution in [2.45, 2.75) is 11.8 Å². The van der Waals surface area contributed by atoms with Crippen molar-refractivity contribution in [3.05, 3.63) is 82.9 Å². The quantitative estimate of drug-likeness (QED) is 0.458. The molecule has 0 aliphatic carbocycles. The first-order valence-electron chi connectivity index (χ1n) is 9.68. The van der Waals surface area contributed by atoms with Crippen molar-refractivity contribution in [3.63, 3.8) is 0 Å². The van der Waals surface area contributed by atoms with E-state index in [0.29, 0.717) is 27.7 Å². The topological polar surface area (TPSA) is 111 Å². The number of anilines is 2. The van der Waals surface area contributed by atoms with Gasteiger partial charge in [-0.25, -0.2) is 13.2 Å². The lowest BCUT2D eigenvalue weighted by Crippen LogP contribution is -2.20. The molecule has 0 saturated heterocycles. The van der Waals surface area contributed by atoms with Gasteiger partial charge in [-0.05, 0) is 73.2 Å². The second-order valence-corrected chi connectivity index (χ2v) is 9.04. The molecular weight excluding hydrogens is 468 g/mol. The predicted molar refractivity (Wildman–Crippen MR) is 125 cm³/mol. The van der Waals surface area contributed by atoms with Crippen LogP contribution in [0, 0.1) is 6.92 Å². The van der Waals surface area contributed by atoms with Gasteiger partial charge in [0.25, 0.3) is 15.9 Å². The Labute approximate surface area is 196 Å². The van der Waals surface area contributed by atoms with E-state index in [1.807, 2.05) is 6.92 Å². The number of methoxy groups -OCH3 is 1. The van der Waals surface area contributed by atoms with Gasteiger partial charge in [0.1, 0.15) is 5.75 Å². The smallest absolute Gasteiger partial charge is 0.337 e. The molecule has 0 aliphatic heterocycles. The number of esters is 1. The van der Waals surface area contributed by atoms with Crippen molar-refractivity contribution in [1.82, 2.24) is 0 Å². The van der Waals surface area contributed by atoms with E-state index in [2.05, 4.69) is 14.8 Å². The Morgan fingerprint density at radius 3 is 2.18 bits per heavy atom. The van der Waals surface area contributed by atoms with E-state index in [9.17, 15) is 18.0 Å². The molecule has 2 N–H and O–H groups in total. The number of hydrogen-bond donors (Lipinski definition) is 2. The van der Waals surface area contributed by atoms with Gasteiger partial charge in [0.05, 0.1) is 23.3 Å². The molecule has 0 heterocycles. The Hall–Kier alpha value is -3.56. The highest BCUT2D eigenvalue weighted by atomic mass is 35.5. The zero-order valence-corrected chi connectivity index (χ0v) is 19.4. The first-order valence-corrected chi connectivity index (χ1v) is 11.5. The molecule has 0 aromatic heterocycles. The zero-order valence-electron chi connectivity index (χ0n) is 17.8. The van der Waals surface area contributed by atoms with Gasteiger partial charge < -0.3 is 14.8 Å². The van der Waals surface area contributed by atoms with Crippen LogP contribution < -0.4 is 14.8 Å². The van der Waals surface area contributed by atoms with Crippen LogP contribution in [0.5, 0.6) is 5.75 Å². The fraction of sp³-hybridized carbons (Fsp3) is 0.130. The summed E-state index contributed by atoms with van der Waals surface area (Å²) in [5, 5.41) is 3.09. The molecule has 0 spiro atoms. The van der Waals surface area contributed by atoms with E-state index < -0.39 is 21.9 Å². The second kappa shape index (κ2) is 10.4. The van der Waals surface area contributed by atoms with Crippen LogP contribution in [-0.2, 0) is 19.6 Å². The molecule has 0 saturated carbocycles. The van der Waals surface area contributed by atoms with Gasteiger partial charge in [0, 0.05) is 10.7 Å². The van der Waals surface area contributed by atoms with E-state index in [1.54, 1.807) is 24.3 Å². The van der Waals surface area contributed by atoms with Crippen LogP contribution in [-0.4, -0.2) is 34.0 Å². The summed E-state index contributed by atoms with van der Waals surface area (Å²) < 4.78 is 37.7. The van der Waals surface area contributed by atoms with Crippen molar-refractivity contribution in [3.8, 4) is 5.75 Å². The molecule has 8 nitrogen and oxygen atoms in total. The maximum atomic E-state index is 12.6. The standard InChI is InChI=1S/C23H21ClN2O6S/c1-15-3-6-18(13-21(15)24)26-33(29,30)20-11-9-19(10-12-20)32-14-22(27)25-17-7-4-16(5-8-17)23(28)31-2/h3-13,26H,14H2,1-2H3,(H,25,27).